The molecule has 0 aromatic heterocycles. The number of nitrogens with zero attached hydrogens (tertiary/aromatic N) is 1. The van der Waals surface area contributed by atoms with Gasteiger partial charge < -0.3 is 10.5 Å². The van der Waals surface area contributed by atoms with Gasteiger partial charge in [-0.1, -0.05) is 11.6 Å². The third-order valence-corrected chi connectivity index (χ3v) is 2.39. The van der Waals surface area contributed by atoms with Gasteiger partial charge in [0.05, 0.1) is 12.7 Å². The summed E-state index contributed by atoms with van der Waals surface area (Å²) in [6.45, 7) is 1.69. The molecular formula is C10H12ClN3O3. The van der Waals surface area contributed by atoms with Crippen molar-refractivity contribution >= 4 is 29.3 Å². The van der Waals surface area contributed by atoms with Crippen molar-refractivity contribution < 1.29 is 14.3 Å². The molecule has 0 aliphatic heterocycles. The van der Waals surface area contributed by atoms with Gasteiger partial charge in [0.15, 0.2) is 0 Å². The standard InChI is InChI=1S/C10H12ClN3O3/c1-5-3-6(11)4-7(8(5)12)9(15)14(13)10(16)17-2/h3-4H,12-13H2,1-2H3. The maximum Gasteiger partial charge on any atom is 0.431 e. The molecule has 0 atom stereocenters. The van der Waals surface area contributed by atoms with Gasteiger partial charge in [-0.05, 0) is 24.6 Å². The number of halogens is 1. The SMILES string of the molecule is COC(=O)N(N)C(=O)c1cc(Cl)cc(C)c1N. The van der Waals surface area contributed by atoms with Gasteiger partial charge in [-0.3, -0.25) is 4.79 Å². The van der Waals surface area contributed by atoms with Crippen LogP contribution in [0.15, 0.2) is 12.1 Å². The molecule has 0 aliphatic rings. The van der Waals surface area contributed by atoms with E-state index in [9.17, 15) is 9.59 Å². The number of hydrogen-bond acceptors (Lipinski definition) is 5. The Hall–Kier alpha value is -1.79. The van der Waals surface area contributed by atoms with Crippen LogP contribution >= 0.6 is 11.6 Å². The number of ether oxygens (including phenoxy) is 1. The second-order valence-electron chi connectivity index (χ2n) is 3.33. The number of methoxy groups -OCH3 is 1. The van der Waals surface area contributed by atoms with Gasteiger partial charge >= 0.3 is 6.09 Å². The fourth-order valence-electron chi connectivity index (χ4n) is 1.24. The highest BCUT2D eigenvalue weighted by molar-refractivity contribution is 6.31. The molecule has 6 nitrogen and oxygen atoms in total. The molecule has 1 aromatic carbocycles. The maximum atomic E-state index is 11.8. The molecule has 0 saturated heterocycles. The van der Waals surface area contributed by atoms with E-state index in [4.69, 9.17) is 23.2 Å². The molecule has 0 unspecified atom stereocenters. The lowest BCUT2D eigenvalue weighted by Gasteiger charge is -2.15. The number of amides is 2. The van der Waals surface area contributed by atoms with Crippen LogP contribution in [0.4, 0.5) is 10.5 Å². The molecule has 0 saturated carbocycles. The summed E-state index contributed by atoms with van der Waals surface area (Å²) in [5, 5.41) is 0.667. The zero-order chi connectivity index (χ0) is 13.2. The average Bonchev–Trinajstić information content (AvgIpc) is 2.30. The van der Waals surface area contributed by atoms with E-state index in [1.807, 2.05) is 0 Å². The summed E-state index contributed by atoms with van der Waals surface area (Å²) in [5.74, 6) is 4.51. The lowest BCUT2D eigenvalue weighted by atomic mass is 10.1. The quantitative estimate of drug-likeness (QED) is 0.342. The van der Waals surface area contributed by atoms with Crippen LogP contribution in [0.25, 0.3) is 0 Å². The number of nitrogens with two attached hydrogens (primary N) is 2. The first-order valence-corrected chi connectivity index (χ1v) is 4.99. The van der Waals surface area contributed by atoms with Crippen LogP contribution < -0.4 is 11.6 Å². The van der Waals surface area contributed by atoms with E-state index in [-0.39, 0.29) is 11.3 Å². The number of rotatable bonds is 1. The van der Waals surface area contributed by atoms with E-state index in [1.165, 1.54) is 6.07 Å². The molecule has 1 rings (SSSR count). The Morgan fingerprint density at radius 2 is 2.00 bits per heavy atom. The Balaban J connectivity index is 3.17. The molecule has 0 aliphatic carbocycles. The number of imide groups is 1. The second kappa shape index (κ2) is 5.03. The van der Waals surface area contributed by atoms with Crippen LogP contribution in [0.3, 0.4) is 0 Å². The Morgan fingerprint density at radius 1 is 1.41 bits per heavy atom. The normalized spacial score (nSPS) is 9.88. The minimum atomic E-state index is -0.980. The van der Waals surface area contributed by atoms with Crippen molar-refractivity contribution in [1.29, 1.82) is 0 Å². The van der Waals surface area contributed by atoms with Crippen molar-refractivity contribution in [3.05, 3.63) is 28.3 Å². The van der Waals surface area contributed by atoms with Crippen molar-refractivity contribution in [2.45, 2.75) is 6.92 Å². The summed E-state index contributed by atoms with van der Waals surface area (Å²) in [4.78, 5) is 22.9. The molecule has 1 aromatic rings. The largest absolute Gasteiger partial charge is 0.451 e. The van der Waals surface area contributed by atoms with Gasteiger partial charge in [-0.25, -0.2) is 10.6 Å². The number of carbonyl (C=O) groups is 2. The van der Waals surface area contributed by atoms with E-state index in [2.05, 4.69) is 4.74 Å². The van der Waals surface area contributed by atoms with Crippen molar-refractivity contribution in [2.75, 3.05) is 12.8 Å². The first-order valence-electron chi connectivity index (χ1n) is 4.61. The zero-order valence-electron chi connectivity index (χ0n) is 9.36. The second-order valence-corrected chi connectivity index (χ2v) is 3.77. The number of hydrazine groups is 1. The van der Waals surface area contributed by atoms with Gasteiger partial charge in [0.1, 0.15) is 0 Å². The third kappa shape index (κ3) is 2.66. The highest BCUT2D eigenvalue weighted by Gasteiger charge is 2.23. The predicted molar refractivity (Wildman–Crippen MR) is 63.4 cm³/mol. The van der Waals surface area contributed by atoms with Gasteiger partial charge in [-0.2, -0.15) is 5.01 Å². The lowest BCUT2D eigenvalue weighted by molar-refractivity contribution is 0.0707. The highest BCUT2D eigenvalue weighted by atomic mass is 35.5. The number of hydrogen-bond donors (Lipinski definition) is 2. The highest BCUT2D eigenvalue weighted by Crippen LogP contribution is 2.23. The van der Waals surface area contributed by atoms with Gasteiger partial charge in [0.25, 0.3) is 5.91 Å². The Kier molecular flexibility index (Phi) is 3.93. The van der Waals surface area contributed by atoms with Crippen molar-refractivity contribution in [3.8, 4) is 0 Å². The summed E-state index contributed by atoms with van der Waals surface area (Å²) < 4.78 is 4.32. The first-order chi connectivity index (χ1) is 7.88. The first kappa shape index (κ1) is 13.3. The van der Waals surface area contributed by atoms with E-state index in [1.54, 1.807) is 13.0 Å². The minimum Gasteiger partial charge on any atom is -0.451 e. The molecule has 0 fully saturated rings. The van der Waals surface area contributed by atoms with Gasteiger partial charge in [0.2, 0.25) is 0 Å². The predicted octanol–water partition coefficient (Wildman–Crippen LogP) is 1.31. The number of anilines is 1. The Morgan fingerprint density at radius 3 is 2.53 bits per heavy atom. The van der Waals surface area contributed by atoms with Gasteiger partial charge in [-0.15, -0.1) is 0 Å². The monoisotopic (exact) mass is 257 g/mol. The summed E-state index contributed by atoms with van der Waals surface area (Å²) in [6, 6.07) is 2.95. The summed E-state index contributed by atoms with van der Waals surface area (Å²) in [5.41, 5.74) is 6.62. The summed E-state index contributed by atoms with van der Waals surface area (Å²) in [7, 11) is 1.11. The number of benzene rings is 1. The van der Waals surface area contributed by atoms with Crippen LogP contribution in [0.5, 0.6) is 0 Å². The van der Waals surface area contributed by atoms with E-state index in [0.29, 0.717) is 15.6 Å². The molecule has 0 bridgehead atoms. The molecule has 2 amide bonds. The Bertz CT molecular complexity index is 476. The van der Waals surface area contributed by atoms with Crippen molar-refractivity contribution in [2.24, 2.45) is 5.84 Å². The molecular weight excluding hydrogens is 246 g/mol. The molecule has 0 spiro atoms. The van der Waals surface area contributed by atoms with Crippen LogP contribution in [0.2, 0.25) is 5.02 Å². The topological polar surface area (TPSA) is 98.6 Å². The summed E-state index contributed by atoms with van der Waals surface area (Å²) >= 11 is 5.80. The zero-order valence-corrected chi connectivity index (χ0v) is 10.1. The number of carbonyl (C=O) groups excluding carboxylic acids is 2. The fourth-order valence-corrected chi connectivity index (χ4v) is 1.52. The fraction of sp³-hybridized carbons (Fsp3) is 0.200. The number of aryl methyl sites for hydroxylation is 1. The molecule has 4 N–H and O–H groups in total. The van der Waals surface area contributed by atoms with Crippen LogP contribution in [0.1, 0.15) is 15.9 Å². The van der Waals surface area contributed by atoms with Crippen molar-refractivity contribution in [1.82, 2.24) is 5.01 Å². The lowest BCUT2D eigenvalue weighted by Crippen LogP contribution is -2.42. The maximum absolute atomic E-state index is 11.8. The average molecular weight is 258 g/mol. The smallest absolute Gasteiger partial charge is 0.431 e. The van der Waals surface area contributed by atoms with E-state index < -0.39 is 12.0 Å². The number of nitrogen functional groups attached to an aromatic ring is 1. The molecule has 17 heavy (non-hydrogen) atoms. The molecule has 0 heterocycles. The van der Waals surface area contributed by atoms with Crippen molar-refractivity contribution in [3.63, 3.8) is 0 Å². The Labute approximate surface area is 103 Å². The van der Waals surface area contributed by atoms with E-state index in [0.717, 1.165) is 7.11 Å². The van der Waals surface area contributed by atoms with Gasteiger partial charge in [0, 0.05) is 10.7 Å². The van der Waals surface area contributed by atoms with Crippen LogP contribution in [-0.2, 0) is 4.74 Å². The minimum absolute atomic E-state index is 0.0582. The third-order valence-electron chi connectivity index (χ3n) is 2.17. The van der Waals surface area contributed by atoms with Crippen LogP contribution in [-0.4, -0.2) is 24.1 Å². The summed E-state index contributed by atoms with van der Waals surface area (Å²) in [6.07, 6.45) is -0.980. The van der Waals surface area contributed by atoms with E-state index >= 15 is 0 Å². The molecule has 0 radical (unpaired) electrons. The molecule has 92 valence electrons. The van der Waals surface area contributed by atoms with Crippen LogP contribution in [0, 0.1) is 6.92 Å². The molecule has 7 heteroatoms.